The Hall–Kier alpha value is -1.88. The molecule has 32 heavy (non-hydrogen) atoms. The van der Waals surface area contributed by atoms with Crippen molar-refractivity contribution in [1.82, 2.24) is 9.88 Å². The van der Waals surface area contributed by atoms with Crippen LogP contribution in [0.5, 0.6) is 0 Å². The lowest BCUT2D eigenvalue weighted by molar-refractivity contribution is -0.348. The molecule has 0 bridgehead atoms. The van der Waals surface area contributed by atoms with Crippen LogP contribution in [-0.2, 0) is 16.8 Å². The molecule has 1 aliphatic heterocycles. The lowest BCUT2D eigenvalue weighted by Crippen LogP contribution is -2.51. The highest BCUT2D eigenvalue weighted by Gasteiger charge is 2.74. The van der Waals surface area contributed by atoms with Gasteiger partial charge in [-0.3, -0.25) is 4.98 Å². The van der Waals surface area contributed by atoms with E-state index in [2.05, 4.69) is 9.88 Å². The van der Waals surface area contributed by atoms with Crippen molar-refractivity contribution in [2.45, 2.75) is 53.0 Å². The number of rotatable bonds is 3. The van der Waals surface area contributed by atoms with Gasteiger partial charge in [-0.15, -0.1) is 11.8 Å². The maximum Gasteiger partial charge on any atom is 0.436 e. The molecule has 2 aromatic rings. The van der Waals surface area contributed by atoms with Crippen molar-refractivity contribution >= 4 is 11.8 Å². The van der Waals surface area contributed by atoms with E-state index in [-0.39, 0.29) is 18.0 Å². The maximum atomic E-state index is 14.6. The molecule has 1 saturated heterocycles. The molecule has 0 N–H and O–H groups in total. The largest absolute Gasteiger partial charge is 0.436 e. The summed E-state index contributed by atoms with van der Waals surface area (Å²) in [6.07, 6.45) is -10.9. The second-order valence-corrected chi connectivity index (χ2v) is 9.52. The second kappa shape index (κ2) is 7.58. The number of nitrogens with zero attached hydrogens (tertiary/aromatic N) is 2. The van der Waals surface area contributed by atoms with Crippen molar-refractivity contribution in [3.05, 3.63) is 59.2 Å². The highest BCUT2D eigenvalue weighted by molar-refractivity contribution is 8.00. The summed E-state index contributed by atoms with van der Waals surface area (Å²) in [4.78, 5) is 6.77. The highest BCUT2D eigenvalue weighted by atomic mass is 32.2. The van der Waals surface area contributed by atoms with Gasteiger partial charge in [-0.2, -0.15) is 26.3 Å². The topological polar surface area (TPSA) is 16.1 Å². The van der Waals surface area contributed by atoms with Crippen molar-refractivity contribution in [2.24, 2.45) is 0 Å². The third kappa shape index (κ3) is 3.48. The number of likely N-dealkylation sites (N-methyl/N-ethyl adjacent to an activating group) is 1. The van der Waals surface area contributed by atoms with Gasteiger partial charge >= 0.3 is 18.0 Å². The maximum absolute atomic E-state index is 14.6. The van der Waals surface area contributed by atoms with E-state index in [1.165, 1.54) is 23.9 Å². The summed E-state index contributed by atoms with van der Waals surface area (Å²) in [6.45, 7) is 0.639. The van der Waals surface area contributed by atoms with Crippen molar-refractivity contribution in [1.29, 1.82) is 0 Å². The fraction of sp³-hybridized carbons (Fsp3) is 0.476. The summed E-state index contributed by atoms with van der Waals surface area (Å²) >= 11 is 1.35. The van der Waals surface area contributed by atoms with E-state index in [1.54, 1.807) is 12.1 Å². The van der Waals surface area contributed by atoms with Crippen LogP contribution in [0.15, 0.2) is 41.4 Å². The fourth-order valence-corrected chi connectivity index (χ4v) is 6.28. The molecule has 0 saturated carbocycles. The average molecular weight is 482 g/mol. The first-order chi connectivity index (χ1) is 14.8. The summed E-state index contributed by atoms with van der Waals surface area (Å²) in [5.41, 5.74) is -6.56. The number of likely N-dealkylation sites (tertiary alicyclic amines) is 1. The number of hydrogen-bond acceptors (Lipinski definition) is 3. The first-order valence-corrected chi connectivity index (χ1v) is 10.6. The Bertz CT molecular complexity index is 990. The number of aromatic nitrogens is 1. The lowest BCUT2D eigenvalue weighted by atomic mass is 9.80. The molecule has 1 fully saturated rings. The summed E-state index contributed by atoms with van der Waals surface area (Å²) in [6, 6.07) is 6.25. The molecule has 11 heteroatoms. The van der Waals surface area contributed by atoms with Crippen LogP contribution < -0.4 is 0 Å². The molecule has 0 spiro atoms. The molecule has 2 heterocycles. The Morgan fingerprint density at radius 3 is 2.25 bits per heavy atom. The first kappa shape index (κ1) is 23.3. The van der Waals surface area contributed by atoms with Gasteiger partial charge in [0.2, 0.25) is 0 Å². The van der Waals surface area contributed by atoms with Crippen LogP contribution in [-0.4, -0.2) is 41.9 Å². The smallest absolute Gasteiger partial charge is 0.302 e. The number of halogens is 8. The molecule has 2 unspecified atom stereocenters. The summed E-state index contributed by atoms with van der Waals surface area (Å²) in [5.74, 6) is -0.433. The Morgan fingerprint density at radius 2 is 1.66 bits per heavy atom. The van der Waals surface area contributed by atoms with Gasteiger partial charge in [0.15, 0.2) is 0 Å². The zero-order valence-corrected chi connectivity index (χ0v) is 17.5. The van der Waals surface area contributed by atoms with Crippen molar-refractivity contribution in [3.63, 3.8) is 0 Å². The van der Waals surface area contributed by atoms with E-state index < -0.39 is 34.1 Å². The van der Waals surface area contributed by atoms with E-state index in [4.69, 9.17) is 0 Å². The minimum Gasteiger partial charge on any atom is -0.302 e. The molecular weight excluding hydrogens is 464 g/mol. The van der Waals surface area contributed by atoms with Crippen molar-refractivity contribution < 1.29 is 35.1 Å². The second-order valence-electron chi connectivity index (χ2n) is 8.12. The van der Waals surface area contributed by atoms with Gasteiger partial charge in [0.25, 0.3) is 0 Å². The van der Waals surface area contributed by atoms with Crippen LogP contribution in [0.2, 0.25) is 0 Å². The zero-order valence-electron chi connectivity index (χ0n) is 16.7. The van der Waals surface area contributed by atoms with Gasteiger partial charge in [0.05, 0.1) is 10.4 Å². The standard InChI is InChI=1S/C21H18F8N2S/c1-31-9-8-18(32-15-5-3-14(22)4-6-15)16(31)7-2-12-10-13(11-30-17(12)18)19(23,20(24,25)26)21(27,28)29/h3-6,10-11,16H,2,7-9H2,1H3. The van der Waals surface area contributed by atoms with Crippen LogP contribution in [0.1, 0.15) is 29.7 Å². The first-order valence-electron chi connectivity index (χ1n) is 9.76. The number of benzene rings is 1. The summed E-state index contributed by atoms with van der Waals surface area (Å²) in [7, 11) is 1.89. The number of pyridine rings is 1. The number of aryl methyl sites for hydroxylation is 1. The average Bonchev–Trinajstić information content (AvgIpc) is 3.03. The van der Waals surface area contributed by atoms with E-state index in [0.29, 0.717) is 42.2 Å². The van der Waals surface area contributed by atoms with E-state index >= 15 is 0 Å². The van der Waals surface area contributed by atoms with E-state index in [9.17, 15) is 35.1 Å². The Balaban J connectivity index is 1.82. The van der Waals surface area contributed by atoms with Gasteiger partial charge in [0, 0.05) is 22.7 Å². The van der Waals surface area contributed by atoms with Crippen molar-refractivity contribution in [3.8, 4) is 0 Å². The van der Waals surface area contributed by atoms with Gasteiger partial charge in [-0.25, -0.2) is 8.78 Å². The monoisotopic (exact) mass is 482 g/mol. The highest BCUT2D eigenvalue weighted by Crippen LogP contribution is 2.57. The van der Waals surface area contributed by atoms with E-state index in [0.717, 1.165) is 0 Å². The van der Waals surface area contributed by atoms with Crippen LogP contribution in [0, 0.1) is 5.82 Å². The molecule has 2 aliphatic rings. The van der Waals surface area contributed by atoms with E-state index in [1.807, 2.05) is 7.05 Å². The minimum absolute atomic E-state index is 0.0798. The molecule has 174 valence electrons. The van der Waals surface area contributed by atoms with Crippen LogP contribution >= 0.6 is 11.8 Å². The quantitative estimate of drug-likeness (QED) is 0.489. The van der Waals surface area contributed by atoms with Gasteiger partial charge in [-0.1, -0.05) is 0 Å². The number of hydrogen-bond donors (Lipinski definition) is 0. The Labute approximate surface area is 183 Å². The number of fused-ring (bicyclic) bond motifs is 3. The third-order valence-corrected chi connectivity index (χ3v) is 7.80. The number of thioether (sulfide) groups is 1. The van der Waals surface area contributed by atoms with Crippen LogP contribution in [0.4, 0.5) is 35.1 Å². The number of alkyl halides is 7. The fourth-order valence-electron chi connectivity index (χ4n) is 4.68. The predicted octanol–water partition coefficient (Wildman–Crippen LogP) is 6.15. The molecule has 2 atom stereocenters. The van der Waals surface area contributed by atoms with Gasteiger partial charge < -0.3 is 4.90 Å². The Kier molecular flexibility index (Phi) is 5.51. The lowest BCUT2D eigenvalue weighted by Gasteiger charge is -2.41. The predicted molar refractivity (Wildman–Crippen MR) is 102 cm³/mol. The molecule has 0 radical (unpaired) electrons. The van der Waals surface area contributed by atoms with Crippen LogP contribution in [0.3, 0.4) is 0 Å². The summed E-state index contributed by atoms with van der Waals surface area (Å²) < 4.78 is 106. The SMILES string of the molecule is CN1CCC2(Sc3ccc(F)cc3)c3ncc(C(F)(C(F)(F)F)C(F)(F)F)cc3CCC12. The molecule has 4 rings (SSSR count). The van der Waals surface area contributed by atoms with Crippen LogP contribution in [0.25, 0.3) is 0 Å². The molecule has 1 aliphatic carbocycles. The van der Waals surface area contributed by atoms with Gasteiger partial charge in [0.1, 0.15) is 5.82 Å². The Morgan fingerprint density at radius 1 is 1.03 bits per heavy atom. The van der Waals surface area contributed by atoms with Gasteiger partial charge in [-0.05, 0) is 68.8 Å². The molecule has 0 amide bonds. The third-order valence-electron chi connectivity index (χ3n) is 6.25. The van der Waals surface area contributed by atoms with Crippen molar-refractivity contribution in [2.75, 3.05) is 13.6 Å². The molecule has 1 aromatic carbocycles. The molecule has 1 aromatic heterocycles. The zero-order chi connectivity index (χ0) is 23.5. The normalized spacial score (nSPS) is 24.3. The summed E-state index contributed by atoms with van der Waals surface area (Å²) in [5, 5.41) is 0. The molecule has 2 nitrogen and oxygen atoms in total. The molecular formula is C21H18F8N2S. The minimum atomic E-state index is -6.19.